The molecule has 2 aromatic rings. The van der Waals surface area contributed by atoms with E-state index in [9.17, 15) is 0 Å². The van der Waals surface area contributed by atoms with E-state index in [0.717, 1.165) is 28.4 Å². The van der Waals surface area contributed by atoms with Crippen LogP contribution in [0, 0.1) is 0 Å². The van der Waals surface area contributed by atoms with Gasteiger partial charge in [0.15, 0.2) is 5.82 Å². The summed E-state index contributed by atoms with van der Waals surface area (Å²) in [5, 5.41) is 10.9. The molecule has 1 aliphatic rings. The maximum absolute atomic E-state index is 6.13. The van der Waals surface area contributed by atoms with E-state index >= 15 is 0 Å². The van der Waals surface area contributed by atoms with Crippen molar-refractivity contribution in [3.63, 3.8) is 0 Å². The van der Waals surface area contributed by atoms with E-state index in [1.807, 2.05) is 18.2 Å². The topological polar surface area (TPSA) is 49.9 Å². The summed E-state index contributed by atoms with van der Waals surface area (Å²) in [6, 6.07) is 8.39. The van der Waals surface area contributed by atoms with Gasteiger partial charge in [0.2, 0.25) is 0 Å². The van der Waals surface area contributed by atoms with Gasteiger partial charge in [-0.2, -0.15) is 5.10 Å². The molecule has 0 saturated heterocycles. The van der Waals surface area contributed by atoms with E-state index in [4.69, 9.17) is 4.74 Å². The third kappa shape index (κ3) is 1.87. The second-order valence-corrected chi connectivity index (χ2v) is 5.73. The number of benzene rings is 1. The number of hydrogen-bond acceptors (Lipinski definition) is 3. The van der Waals surface area contributed by atoms with Crippen LogP contribution in [0.15, 0.2) is 24.3 Å². The largest absolute Gasteiger partial charge is 0.482 e. The molecule has 0 atom stereocenters. The lowest BCUT2D eigenvalue weighted by Gasteiger charge is -2.33. The summed E-state index contributed by atoms with van der Waals surface area (Å²) in [5.74, 6) is 1.78. The number of nitrogens with one attached hydrogen (secondary N) is 2. The summed E-state index contributed by atoms with van der Waals surface area (Å²) in [6.45, 7) is 8.35. The molecule has 0 spiro atoms. The molecule has 19 heavy (non-hydrogen) atoms. The zero-order chi connectivity index (χ0) is 13.6. The van der Waals surface area contributed by atoms with Crippen LogP contribution in [0.3, 0.4) is 0 Å². The molecule has 2 heterocycles. The Morgan fingerprint density at radius 2 is 2.00 bits per heavy atom. The maximum atomic E-state index is 6.13. The fraction of sp³-hybridized carbons (Fsp3) is 0.400. The Balaban J connectivity index is 2.19. The minimum absolute atomic E-state index is 0.334. The van der Waals surface area contributed by atoms with E-state index in [-0.39, 0.29) is 0 Å². The molecule has 1 aromatic carbocycles. The predicted molar refractivity (Wildman–Crippen MR) is 76.4 cm³/mol. The van der Waals surface area contributed by atoms with Gasteiger partial charge in [0.05, 0.1) is 11.3 Å². The summed E-state index contributed by atoms with van der Waals surface area (Å²) in [6.07, 6.45) is 0. The summed E-state index contributed by atoms with van der Waals surface area (Å²) >= 11 is 0. The SMILES string of the molecule is CC(C)Nc1n[nH]c2c1C(C)(C)Oc1ccccc1-2. The molecule has 4 heteroatoms. The van der Waals surface area contributed by atoms with Crippen molar-refractivity contribution in [2.75, 3.05) is 5.32 Å². The number of fused-ring (bicyclic) bond motifs is 3. The van der Waals surface area contributed by atoms with Crippen LogP contribution in [0.5, 0.6) is 5.75 Å². The normalized spacial score (nSPS) is 15.6. The number of aromatic nitrogens is 2. The van der Waals surface area contributed by atoms with Crippen molar-refractivity contribution >= 4 is 5.82 Å². The molecular weight excluding hydrogens is 238 g/mol. The van der Waals surface area contributed by atoms with Gasteiger partial charge in [-0.3, -0.25) is 5.10 Å². The Bertz CT molecular complexity index is 614. The van der Waals surface area contributed by atoms with Gasteiger partial charge in [0.25, 0.3) is 0 Å². The monoisotopic (exact) mass is 257 g/mol. The number of anilines is 1. The first-order chi connectivity index (χ1) is 8.99. The standard InChI is InChI=1S/C15H19N3O/c1-9(2)16-14-12-13(17-18-14)10-7-5-6-8-11(10)19-15(12,3)4/h5-9H,1-4H3,(H2,16,17,18). The van der Waals surface area contributed by atoms with Gasteiger partial charge in [-0.1, -0.05) is 12.1 Å². The Morgan fingerprint density at radius 1 is 1.26 bits per heavy atom. The van der Waals surface area contributed by atoms with Crippen molar-refractivity contribution in [3.05, 3.63) is 29.8 Å². The highest BCUT2D eigenvalue weighted by atomic mass is 16.5. The summed E-state index contributed by atoms with van der Waals surface area (Å²) in [4.78, 5) is 0. The number of H-pyrrole nitrogens is 1. The van der Waals surface area contributed by atoms with Crippen LogP contribution in [0.2, 0.25) is 0 Å². The molecule has 0 bridgehead atoms. The van der Waals surface area contributed by atoms with E-state index in [1.165, 1.54) is 0 Å². The van der Waals surface area contributed by atoms with Crippen molar-refractivity contribution in [2.24, 2.45) is 0 Å². The van der Waals surface area contributed by atoms with Gasteiger partial charge in [0, 0.05) is 11.6 Å². The molecule has 0 radical (unpaired) electrons. The molecule has 3 rings (SSSR count). The van der Waals surface area contributed by atoms with Crippen molar-refractivity contribution < 1.29 is 4.74 Å². The molecular formula is C15H19N3O. The van der Waals surface area contributed by atoms with Gasteiger partial charge in [-0.15, -0.1) is 0 Å². The van der Waals surface area contributed by atoms with E-state index in [2.05, 4.69) is 49.3 Å². The van der Waals surface area contributed by atoms with Crippen molar-refractivity contribution in [2.45, 2.75) is 39.3 Å². The molecule has 0 fully saturated rings. The maximum Gasteiger partial charge on any atom is 0.155 e. The third-order valence-electron chi connectivity index (χ3n) is 3.32. The van der Waals surface area contributed by atoms with Crippen molar-refractivity contribution in [3.8, 4) is 17.0 Å². The second-order valence-electron chi connectivity index (χ2n) is 5.73. The summed E-state index contributed by atoms with van der Waals surface area (Å²) in [5.41, 5.74) is 2.82. The van der Waals surface area contributed by atoms with Gasteiger partial charge < -0.3 is 10.1 Å². The van der Waals surface area contributed by atoms with Gasteiger partial charge in [0.1, 0.15) is 11.4 Å². The van der Waals surface area contributed by atoms with Crippen molar-refractivity contribution in [1.82, 2.24) is 10.2 Å². The average Bonchev–Trinajstić information content (AvgIpc) is 2.73. The third-order valence-corrected chi connectivity index (χ3v) is 3.32. The number of ether oxygens (including phenoxy) is 1. The second kappa shape index (κ2) is 4.02. The molecule has 1 aliphatic heterocycles. The molecule has 2 N–H and O–H groups in total. The van der Waals surface area contributed by atoms with E-state index < -0.39 is 5.60 Å². The smallest absolute Gasteiger partial charge is 0.155 e. The Labute approximate surface area is 113 Å². The number of para-hydroxylation sites is 1. The van der Waals surface area contributed by atoms with Crippen LogP contribution in [-0.4, -0.2) is 16.2 Å². The molecule has 0 saturated carbocycles. The van der Waals surface area contributed by atoms with Crippen LogP contribution in [0.25, 0.3) is 11.3 Å². The highest BCUT2D eigenvalue weighted by Crippen LogP contribution is 2.46. The van der Waals surface area contributed by atoms with E-state index in [0.29, 0.717) is 6.04 Å². The van der Waals surface area contributed by atoms with Crippen molar-refractivity contribution in [1.29, 1.82) is 0 Å². The number of hydrogen-bond donors (Lipinski definition) is 2. The Morgan fingerprint density at radius 3 is 2.74 bits per heavy atom. The predicted octanol–water partition coefficient (Wildman–Crippen LogP) is 3.52. The van der Waals surface area contributed by atoms with Crippen LogP contribution >= 0.6 is 0 Å². The van der Waals surface area contributed by atoms with Gasteiger partial charge in [-0.05, 0) is 39.8 Å². The molecule has 4 nitrogen and oxygen atoms in total. The number of aromatic amines is 1. The van der Waals surface area contributed by atoms with Crippen LogP contribution in [0.4, 0.5) is 5.82 Å². The average molecular weight is 257 g/mol. The first-order valence-electron chi connectivity index (χ1n) is 6.63. The minimum Gasteiger partial charge on any atom is -0.482 e. The molecule has 0 unspecified atom stereocenters. The number of nitrogens with zero attached hydrogens (tertiary/aromatic N) is 1. The zero-order valence-corrected chi connectivity index (χ0v) is 11.7. The molecule has 0 aliphatic carbocycles. The molecule has 100 valence electrons. The first kappa shape index (κ1) is 12.1. The van der Waals surface area contributed by atoms with Crippen LogP contribution < -0.4 is 10.1 Å². The highest BCUT2D eigenvalue weighted by molar-refractivity contribution is 5.77. The summed E-state index contributed by atoms with van der Waals surface area (Å²) in [7, 11) is 0. The fourth-order valence-electron chi connectivity index (χ4n) is 2.59. The number of rotatable bonds is 2. The zero-order valence-electron chi connectivity index (χ0n) is 11.7. The lowest BCUT2D eigenvalue weighted by Crippen LogP contribution is -2.30. The first-order valence-corrected chi connectivity index (χ1v) is 6.63. The van der Waals surface area contributed by atoms with Gasteiger partial charge in [-0.25, -0.2) is 0 Å². The summed E-state index contributed by atoms with van der Waals surface area (Å²) < 4.78 is 6.13. The van der Waals surface area contributed by atoms with Gasteiger partial charge >= 0.3 is 0 Å². The molecule has 0 amide bonds. The lowest BCUT2D eigenvalue weighted by atomic mass is 9.90. The molecule has 1 aromatic heterocycles. The van der Waals surface area contributed by atoms with E-state index in [1.54, 1.807) is 0 Å². The van der Waals surface area contributed by atoms with Crippen LogP contribution in [-0.2, 0) is 5.60 Å². The Hall–Kier alpha value is -1.97. The quantitative estimate of drug-likeness (QED) is 0.865. The Kier molecular flexibility index (Phi) is 2.55. The fourth-order valence-corrected chi connectivity index (χ4v) is 2.59. The van der Waals surface area contributed by atoms with Crippen LogP contribution in [0.1, 0.15) is 33.3 Å². The lowest BCUT2D eigenvalue weighted by molar-refractivity contribution is 0.106. The highest BCUT2D eigenvalue weighted by Gasteiger charge is 2.37. The minimum atomic E-state index is -0.395.